The van der Waals surface area contributed by atoms with Crippen molar-refractivity contribution >= 4 is 6.29 Å². The van der Waals surface area contributed by atoms with Gasteiger partial charge in [0.1, 0.15) is 6.29 Å². The van der Waals surface area contributed by atoms with Gasteiger partial charge in [0, 0.05) is 6.42 Å². The third kappa shape index (κ3) is 2.22. The van der Waals surface area contributed by atoms with Crippen molar-refractivity contribution in [3.63, 3.8) is 0 Å². The first-order chi connectivity index (χ1) is 8.63. The maximum atomic E-state index is 10.5. The molecule has 102 valence electrons. The Bertz CT molecular complexity index is 334. The van der Waals surface area contributed by atoms with E-state index in [-0.39, 0.29) is 0 Å². The smallest absolute Gasteiger partial charge is 0.120 e. The number of carbonyl (C=O) groups is 1. The maximum absolute atomic E-state index is 10.5. The van der Waals surface area contributed by atoms with Crippen molar-refractivity contribution in [2.75, 3.05) is 0 Å². The molecular weight excluding hydrogens is 224 g/mol. The molecule has 4 atom stereocenters. The fourth-order valence-electron chi connectivity index (χ4n) is 4.70. The number of aldehydes is 1. The van der Waals surface area contributed by atoms with Gasteiger partial charge in [-0.05, 0) is 67.3 Å². The van der Waals surface area contributed by atoms with Gasteiger partial charge in [-0.1, -0.05) is 13.8 Å². The van der Waals surface area contributed by atoms with Gasteiger partial charge in [-0.2, -0.15) is 0 Å². The van der Waals surface area contributed by atoms with Crippen LogP contribution < -0.4 is 0 Å². The van der Waals surface area contributed by atoms with Crippen molar-refractivity contribution in [3.05, 3.63) is 11.8 Å². The standard InChI is InChI=1S/C16H26O2/c1-12(5-4-10-17)14-7-8-15-13(11-18)6-3-9-16(14,15)2/h10-12,14-15,18H,3-9H2,1-2H3/b13-11+/t12-,14+,15?,16+/m0/s1. The van der Waals surface area contributed by atoms with E-state index in [4.69, 9.17) is 0 Å². The third-order valence-corrected chi connectivity index (χ3v) is 5.63. The van der Waals surface area contributed by atoms with Crippen molar-refractivity contribution in [1.29, 1.82) is 0 Å². The van der Waals surface area contributed by atoms with Crippen LogP contribution in [0, 0.1) is 23.2 Å². The van der Waals surface area contributed by atoms with Crippen LogP contribution in [0.15, 0.2) is 11.8 Å². The summed E-state index contributed by atoms with van der Waals surface area (Å²) in [6.07, 6.45) is 10.2. The first kappa shape index (κ1) is 13.6. The number of allylic oxidation sites excluding steroid dienone is 1. The highest BCUT2D eigenvalue weighted by Crippen LogP contribution is 2.59. The molecule has 0 heterocycles. The van der Waals surface area contributed by atoms with E-state index < -0.39 is 0 Å². The molecule has 0 radical (unpaired) electrons. The number of hydrogen-bond acceptors (Lipinski definition) is 2. The lowest BCUT2D eigenvalue weighted by Crippen LogP contribution is -2.36. The summed E-state index contributed by atoms with van der Waals surface area (Å²) in [7, 11) is 0. The zero-order valence-electron chi connectivity index (χ0n) is 11.7. The Balaban J connectivity index is 2.13. The molecule has 2 heteroatoms. The van der Waals surface area contributed by atoms with Gasteiger partial charge in [0.25, 0.3) is 0 Å². The van der Waals surface area contributed by atoms with Crippen LogP contribution in [0.1, 0.15) is 58.8 Å². The van der Waals surface area contributed by atoms with E-state index in [1.54, 1.807) is 0 Å². The second kappa shape index (κ2) is 5.46. The molecule has 1 unspecified atom stereocenters. The number of hydrogen-bond donors (Lipinski definition) is 1. The monoisotopic (exact) mass is 250 g/mol. The average molecular weight is 250 g/mol. The summed E-state index contributed by atoms with van der Waals surface area (Å²) in [4.78, 5) is 10.5. The Labute approximate surface area is 110 Å². The lowest BCUT2D eigenvalue weighted by Gasteiger charge is -2.44. The largest absolute Gasteiger partial charge is 0.516 e. The molecule has 0 spiro atoms. The fraction of sp³-hybridized carbons (Fsp3) is 0.812. The number of rotatable bonds is 4. The molecule has 2 rings (SSSR count). The normalized spacial score (nSPS) is 39.6. The summed E-state index contributed by atoms with van der Waals surface area (Å²) in [6.45, 7) is 4.72. The number of aliphatic hydroxyl groups excluding tert-OH is 1. The molecule has 0 saturated heterocycles. The van der Waals surface area contributed by atoms with E-state index in [9.17, 15) is 9.90 Å². The van der Waals surface area contributed by atoms with Crippen molar-refractivity contribution in [1.82, 2.24) is 0 Å². The molecule has 0 bridgehead atoms. The summed E-state index contributed by atoms with van der Waals surface area (Å²) in [6, 6.07) is 0. The molecule has 2 nitrogen and oxygen atoms in total. The van der Waals surface area contributed by atoms with Crippen LogP contribution in [0.25, 0.3) is 0 Å². The van der Waals surface area contributed by atoms with Gasteiger partial charge in [-0.15, -0.1) is 0 Å². The average Bonchev–Trinajstić information content (AvgIpc) is 2.72. The zero-order valence-corrected chi connectivity index (χ0v) is 11.7. The fourth-order valence-corrected chi connectivity index (χ4v) is 4.70. The Hall–Kier alpha value is -0.790. The second-order valence-corrected chi connectivity index (χ2v) is 6.52. The predicted octanol–water partition coefficient (Wildman–Crippen LogP) is 4.26. The van der Waals surface area contributed by atoms with E-state index in [1.165, 1.54) is 37.5 Å². The van der Waals surface area contributed by atoms with Gasteiger partial charge in [0.15, 0.2) is 0 Å². The van der Waals surface area contributed by atoms with Crippen molar-refractivity contribution in [3.8, 4) is 0 Å². The predicted molar refractivity (Wildman–Crippen MR) is 73.3 cm³/mol. The van der Waals surface area contributed by atoms with Crippen LogP contribution >= 0.6 is 0 Å². The Morgan fingerprint density at radius 1 is 1.50 bits per heavy atom. The molecule has 0 aromatic heterocycles. The summed E-state index contributed by atoms with van der Waals surface area (Å²) < 4.78 is 0. The van der Waals surface area contributed by atoms with Crippen LogP contribution in [0.3, 0.4) is 0 Å². The molecule has 0 aromatic carbocycles. The summed E-state index contributed by atoms with van der Waals surface area (Å²) >= 11 is 0. The molecule has 0 aliphatic heterocycles. The number of aliphatic hydroxyl groups is 1. The van der Waals surface area contributed by atoms with Crippen LogP contribution in [0.5, 0.6) is 0 Å². The van der Waals surface area contributed by atoms with Gasteiger partial charge < -0.3 is 9.90 Å². The minimum absolute atomic E-state index is 0.356. The highest BCUT2D eigenvalue weighted by atomic mass is 16.2. The van der Waals surface area contributed by atoms with E-state index >= 15 is 0 Å². The quantitative estimate of drug-likeness (QED) is 0.598. The molecule has 18 heavy (non-hydrogen) atoms. The zero-order chi connectivity index (χ0) is 13.2. The Morgan fingerprint density at radius 2 is 2.28 bits per heavy atom. The molecule has 2 saturated carbocycles. The van der Waals surface area contributed by atoms with Crippen molar-refractivity contribution < 1.29 is 9.90 Å². The molecule has 2 fully saturated rings. The first-order valence-electron chi connectivity index (χ1n) is 7.40. The molecule has 2 aliphatic carbocycles. The van der Waals surface area contributed by atoms with Crippen LogP contribution in [0.2, 0.25) is 0 Å². The number of fused-ring (bicyclic) bond motifs is 1. The van der Waals surface area contributed by atoms with Gasteiger partial charge in [0.05, 0.1) is 6.26 Å². The highest BCUT2D eigenvalue weighted by Gasteiger charge is 2.50. The van der Waals surface area contributed by atoms with Gasteiger partial charge in [-0.3, -0.25) is 0 Å². The molecule has 1 N–H and O–H groups in total. The summed E-state index contributed by atoms with van der Waals surface area (Å²) in [5.74, 6) is 1.93. The second-order valence-electron chi connectivity index (χ2n) is 6.52. The minimum Gasteiger partial charge on any atom is -0.516 e. The van der Waals surface area contributed by atoms with Crippen molar-refractivity contribution in [2.24, 2.45) is 23.2 Å². The topological polar surface area (TPSA) is 37.3 Å². The lowest BCUT2D eigenvalue weighted by atomic mass is 9.61. The van der Waals surface area contributed by atoms with Crippen LogP contribution in [-0.2, 0) is 4.79 Å². The minimum atomic E-state index is 0.356. The summed E-state index contributed by atoms with van der Waals surface area (Å²) in [5.41, 5.74) is 1.63. The molecule has 0 amide bonds. The highest BCUT2D eigenvalue weighted by molar-refractivity contribution is 5.49. The Kier molecular flexibility index (Phi) is 4.14. The van der Waals surface area contributed by atoms with Gasteiger partial charge in [0.2, 0.25) is 0 Å². The van der Waals surface area contributed by atoms with Gasteiger partial charge in [-0.25, -0.2) is 0 Å². The third-order valence-electron chi connectivity index (χ3n) is 5.63. The maximum Gasteiger partial charge on any atom is 0.120 e. The van der Waals surface area contributed by atoms with E-state index in [1.807, 2.05) is 0 Å². The summed E-state index contributed by atoms with van der Waals surface area (Å²) in [5, 5.41) is 9.41. The Morgan fingerprint density at radius 3 is 2.94 bits per heavy atom. The SMILES string of the molecule is C[C@@H](CCC=O)[C@H]1CCC2/C(=C/O)CCC[C@@]21C. The first-order valence-corrected chi connectivity index (χ1v) is 7.40. The van der Waals surface area contributed by atoms with E-state index in [0.29, 0.717) is 23.7 Å². The molecular formula is C16H26O2. The van der Waals surface area contributed by atoms with E-state index in [2.05, 4.69) is 13.8 Å². The number of carbonyl (C=O) groups excluding carboxylic acids is 1. The lowest BCUT2D eigenvalue weighted by molar-refractivity contribution is -0.108. The van der Waals surface area contributed by atoms with E-state index in [0.717, 1.165) is 25.0 Å². The van der Waals surface area contributed by atoms with Crippen LogP contribution in [0.4, 0.5) is 0 Å². The van der Waals surface area contributed by atoms with Crippen LogP contribution in [-0.4, -0.2) is 11.4 Å². The van der Waals surface area contributed by atoms with Crippen molar-refractivity contribution in [2.45, 2.75) is 58.8 Å². The molecule has 0 aromatic rings. The molecule has 2 aliphatic rings. The van der Waals surface area contributed by atoms with Gasteiger partial charge >= 0.3 is 0 Å².